The molecule has 1 aliphatic heterocycles. The van der Waals surface area contributed by atoms with Gasteiger partial charge in [-0.15, -0.1) is 0 Å². The maximum Gasteiger partial charge on any atom is 0.490 e. The number of phosphoric acid groups is 3. The van der Waals surface area contributed by atoms with Gasteiger partial charge in [0.1, 0.15) is 35.5 Å². The SMILES string of the molecule is C[C@]1(C#N)[C@H](O)[C@H](COP(=O)(O)OP(=O)(O)OP(=O)(O)O)O[C@]1(C#N)c1ccc2c(N)ncnn12. The van der Waals surface area contributed by atoms with E-state index in [1.165, 1.54) is 19.1 Å². The highest BCUT2D eigenvalue weighted by molar-refractivity contribution is 7.66. The van der Waals surface area contributed by atoms with E-state index in [1.807, 2.05) is 6.07 Å². The molecule has 1 fully saturated rings. The average molecular weight is 554 g/mol. The molecule has 7 N–H and O–H groups in total. The lowest BCUT2D eigenvalue weighted by molar-refractivity contribution is -0.0574. The van der Waals surface area contributed by atoms with Gasteiger partial charge < -0.3 is 35.2 Å². The van der Waals surface area contributed by atoms with Gasteiger partial charge in [-0.3, -0.25) is 4.52 Å². The maximum atomic E-state index is 12.0. The van der Waals surface area contributed by atoms with Crippen molar-refractivity contribution in [2.45, 2.75) is 24.7 Å². The van der Waals surface area contributed by atoms with Crippen molar-refractivity contribution < 1.29 is 56.3 Å². The summed E-state index contributed by atoms with van der Waals surface area (Å²) < 4.78 is 52.7. The number of nitrogens with two attached hydrogens (primary N) is 1. The molecule has 3 heterocycles. The third kappa shape index (κ3) is 5.02. The summed E-state index contributed by atoms with van der Waals surface area (Å²) in [5.41, 5.74) is 1.72. The van der Waals surface area contributed by atoms with Gasteiger partial charge in [-0.05, 0) is 19.1 Å². The fourth-order valence-corrected chi connectivity index (χ4v) is 6.51. The molecule has 21 heteroatoms. The molecule has 3 rings (SSSR count). The second-order valence-electron chi connectivity index (χ2n) is 7.26. The molecule has 0 amide bonds. The van der Waals surface area contributed by atoms with E-state index in [9.17, 15) is 39.1 Å². The van der Waals surface area contributed by atoms with Crippen LogP contribution >= 0.6 is 23.5 Å². The molecular weight excluding hydrogens is 537 g/mol. The maximum absolute atomic E-state index is 12.0. The highest BCUT2D eigenvalue weighted by Crippen LogP contribution is 2.66. The first-order chi connectivity index (χ1) is 16.0. The highest BCUT2D eigenvalue weighted by atomic mass is 31.3. The van der Waals surface area contributed by atoms with Crippen LogP contribution in [0.25, 0.3) is 5.52 Å². The summed E-state index contributed by atoms with van der Waals surface area (Å²) in [7, 11) is -17.0. The van der Waals surface area contributed by atoms with Crippen molar-refractivity contribution >= 4 is 34.8 Å². The molecule has 0 radical (unpaired) electrons. The van der Waals surface area contributed by atoms with Crippen LogP contribution in [0.4, 0.5) is 5.82 Å². The lowest BCUT2D eigenvalue weighted by Crippen LogP contribution is -2.45. The number of hydrogen-bond donors (Lipinski definition) is 6. The minimum atomic E-state index is -5.79. The normalized spacial score (nSPS) is 30.3. The molecule has 190 valence electrons. The summed E-state index contributed by atoms with van der Waals surface area (Å²) in [5.74, 6) is 0.0285. The topological polar surface area (TPSA) is 293 Å². The third-order valence-corrected chi connectivity index (χ3v) is 8.86. The summed E-state index contributed by atoms with van der Waals surface area (Å²) in [6.45, 7) is 0.0850. The number of fused-ring (bicyclic) bond motifs is 1. The first-order valence-electron chi connectivity index (χ1n) is 9.06. The summed E-state index contributed by atoms with van der Waals surface area (Å²) in [5, 5.41) is 34.7. The zero-order valence-corrected chi connectivity index (χ0v) is 20.0. The second-order valence-corrected chi connectivity index (χ2v) is 11.7. The molecule has 18 nitrogen and oxygen atoms in total. The van der Waals surface area contributed by atoms with Gasteiger partial charge in [0.2, 0.25) is 5.60 Å². The van der Waals surface area contributed by atoms with Gasteiger partial charge in [-0.2, -0.15) is 24.2 Å². The zero-order chi connectivity index (χ0) is 26.4. The number of nitrogens with zero attached hydrogens (tertiary/aromatic N) is 5. The predicted molar refractivity (Wildman–Crippen MR) is 109 cm³/mol. The molecule has 2 aromatic rings. The van der Waals surface area contributed by atoms with E-state index in [1.54, 1.807) is 6.07 Å². The van der Waals surface area contributed by atoms with E-state index < -0.39 is 53.3 Å². The lowest BCUT2D eigenvalue weighted by Gasteiger charge is -2.31. The van der Waals surface area contributed by atoms with E-state index in [0.29, 0.717) is 0 Å². The van der Waals surface area contributed by atoms with E-state index in [-0.39, 0.29) is 17.0 Å². The fourth-order valence-electron chi connectivity index (χ4n) is 3.48. The Balaban J connectivity index is 1.91. The standard InChI is InChI=1S/C14H17N6O12P3/c1-13(5-15)11(21)9(4-29-34(25,26)32-35(27,28)31-33(22,23)24)30-14(13,6-16)10-3-2-8-12(17)18-7-19-20(8)10/h2-3,7,9,11,21H,4H2,1H3,(H,25,26)(H,27,28)(H2,17,18,19)(H2,22,23,24)/t9-,11+,13-,14+/m0/s1. The molecule has 0 aromatic carbocycles. The van der Waals surface area contributed by atoms with Gasteiger partial charge in [-0.25, -0.2) is 23.2 Å². The smallest absolute Gasteiger partial charge is 0.388 e. The van der Waals surface area contributed by atoms with Gasteiger partial charge in [0.05, 0.1) is 18.4 Å². The molecule has 0 aliphatic carbocycles. The number of aliphatic hydroxyl groups excluding tert-OH is 1. The van der Waals surface area contributed by atoms with Crippen molar-refractivity contribution in [3.8, 4) is 12.1 Å². The minimum Gasteiger partial charge on any atom is -0.388 e. The number of phosphoric ester groups is 1. The predicted octanol–water partition coefficient (Wildman–Crippen LogP) is -0.337. The fraction of sp³-hybridized carbons (Fsp3) is 0.429. The first kappa shape index (κ1) is 27.3. The van der Waals surface area contributed by atoms with Crippen LogP contribution in [0, 0.1) is 28.1 Å². The third-order valence-electron chi connectivity index (χ3n) is 5.05. The summed E-state index contributed by atoms with van der Waals surface area (Å²) in [4.78, 5) is 39.8. The highest BCUT2D eigenvalue weighted by Gasteiger charge is 2.67. The number of ether oxygens (including phenoxy) is 1. The van der Waals surface area contributed by atoms with Crippen molar-refractivity contribution in [1.82, 2.24) is 14.6 Å². The Morgan fingerprint density at radius 1 is 1.17 bits per heavy atom. The molecule has 1 saturated heterocycles. The first-order valence-corrected chi connectivity index (χ1v) is 13.6. The Kier molecular flexibility index (Phi) is 7.02. The number of rotatable bonds is 8. The van der Waals surface area contributed by atoms with Crippen LogP contribution in [0.5, 0.6) is 0 Å². The summed E-state index contributed by atoms with van der Waals surface area (Å²) in [6, 6.07) is 6.39. The lowest BCUT2D eigenvalue weighted by atomic mass is 9.71. The quantitative estimate of drug-likeness (QED) is 0.227. The Labute approximate surface area is 195 Å². The summed E-state index contributed by atoms with van der Waals surface area (Å²) >= 11 is 0. The van der Waals surface area contributed by atoms with Gasteiger partial charge in [-0.1, -0.05) is 0 Å². The molecule has 2 unspecified atom stereocenters. The average Bonchev–Trinajstić information content (AvgIpc) is 3.24. The van der Waals surface area contributed by atoms with Crippen LogP contribution in [-0.4, -0.2) is 58.1 Å². The molecule has 0 saturated carbocycles. The van der Waals surface area contributed by atoms with E-state index >= 15 is 0 Å². The van der Waals surface area contributed by atoms with Crippen LogP contribution in [0.1, 0.15) is 12.6 Å². The molecule has 0 spiro atoms. The second kappa shape index (κ2) is 8.99. The van der Waals surface area contributed by atoms with Crippen molar-refractivity contribution in [1.29, 1.82) is 10.5 Å². The molecular formula is C14H17N6O12P3. The van der Waals surface area contributed by atoms with Crippen LogP contribution < -0.4 is 5.73 Å². The Morgan fingerprint density at radius 2 is 1.83 bits per heavy atom. The molecule has 0 bridgehead atoms. The summed E-state index contributed by atoms with van der Waals surface area (Å²) in [6.07, 6.45) is -2.45. The molecule has 1 aliphatic rings. The molecule has 2 aromatic heterocycles. The molecule has 35 heavy (non-hydrogen) atoms. The Hall–Kier alpha value is -2.27. The monoisotopic (exact) mass is 554 g/mol. The number of aromatic nitrogens is 3. The number of nitriles is 2. The van der Waals surface area contributed by atoms with E-state index in [2.05, 4.69) is 23.2 Å². The van der Waals surface area contributed by atoms with E-state index in [0.717, 1.165) is 10.8 Å². The van der Waals surface area contributed by atoms with Crippen molar-refractivity contribution in [2.75, 3.05) is 12.3 Å². The zero-order valence-electron chi connectivity index (χ0n) is 17.3. The van der Waals surface area contributed by atoms with Crippen LogP contribution in [0.2, 0.25) is 0 Å². The van der Waals surface area contributed by atoms with Crippen molar-refractivity contribution in [2.24, 2.45) is 5.41 Å². The van der Waals surface area contributed by atoms with Crippen LogP contribution in [0.3, 0.4) is 0 Å². The minimum absolute atomic E-state index is 0.0285. The van der Waals surface area contributed by atoms with E-state index in [4.69, 9.17) is 20.3 Å². The number of nitrogen functional groups attached to an aromatic ring is 1. The van der Waals surface area contributed by atoms with Gasteiger partial charge in [0.25, 0.3) is 0 Å². The van der Waals surface area contributed by atoms with Crippen LogP contribution in [-0.2, 0) is 37.2 Å². The molecule has 6 atom stereocenters. The largest absolute Gasteiger partial charge is 0.490 e. The van der Waals surface area contributed by atoms with Gasteiger partial charge in [0, 0.05) is 0 Å². The number of hydrogen-bond acceptors (Lipinski definition) is 13. The number of anilines is 1. The number of aliphatic hydroxyl groups is 1. The van der Waals surface area contributed by atoms with Crippen molar-refractivity contribution in [3.63, 3.8) is 0 Å². The van der Waals surface area contributed by atoms with Gasteiger partial charge >= 0.3 is 23.5 Å². The van der Waals surface area contributed by atoms with Crippen LogP contribution in [0.15, 0.2) is 18.5 Å². The Morgan fingerprint density at radius 3 is 2.40 bits per heavy atom. The van der Waals surface area contributed by atoms with Gasteiger partial charge in [0.15, 0.2) is 5.82 Å². The van der Waals surface area contributed by atoms with Crippen molar-refractivity contribution in [3.05, 3.63) is 24.2 Å². The Bertz CT molecular complexity index is 1380.